The fraction of sp³-hybridized carbons (Fsp3) is 0.364. The molecule has 1 heterocycles. The number of allylic oxidation sites excluding steroid dienone is 1. The van der Waals surface area contributed by atoms with E-state index in [1.165, 1.54) is 13.3 Å². The molecule has 16 heavy (non-hydrogen) atoms. The first-order valence-electron chi connectivity index (χ1n) is 4.81. The van der Waals surface area contributed by atoms with Crippen molar-refractivity contribution < 1.29 is 9.53 Å². The molecule has 0 saturated carbocycles. The predicted molar refractivity (Wildman–Crippen MR) is 57.3 cm³/mol. The van der Waals surface area contributed by atoms with Crippen molar-refractivity contribution in [2.45, 2.75) is 19.4 Å². The second kappa shape index (κ2) is 5.71. The van der Waals surface area contributed by atoms with Crippen molar-refractivity contribution in [1.29, 1.82) is 5.26 Å². The molecule has 1 aromatic rings. The smallest absolute Gasteiger partial charge is 0.305 e. The summed E-state index contributed by atoms with van der Waals surface area (Å²) in [5.41, 5.74) is 1.39. The maximum absolute atomic E-state index is 10.9. The van der Waals surface area contributed by atoms with Gasteiger partial charge >= 0.3 is 5.97 Å². The van der Waals surface area contributed by atoms with Crippen LogP contribution in [0.2, 0.25) is 0 Å². The summed E-state index contributed by atoms with van der Waals surface area (Å²) in [6.07, 6.45) is 4.02. The minimum Gasteiger partial charge on any atom is -0.469 e. The number of carbonyl (C=O) groups excluding carboxylic acids is 1. The van der Waals surface area contributed by atoms with Crippen LogP contribution in [0.1, 0.15) is 18.4 Å². The van der Waals surface area contributed by atoms with Crippen molar-refractivity contribution >= 4 is 5.97 Å². The predicted octanol–water partition coefficient (Wildman–Crippen LogP) is 1.26. The lowest BCUT2D eigenvalue weighted by Gasteiger charge is -2.04. The van der Waals surface area contributed by atoms with Gasteiger partial charge in [-0.05, 0) is 6.42 Å². The van der Waals surface area contributed by atoms with Crippen LogP contribution in [0.4, 0.5) is 0 Å². The normalized spacial score (nSPS) is 9.50. The highest BCUT2D eigenvalue weighted by Crippen LogP contribution is 2.07. The zero-order valence-corrected chi connectivity index (χ0v) is 9.14. The molecule has 0 aliphatic rings. The Bertz CT molecular complexity index is 429. The molecule has 0 aliphatic heterocycles. The number of nitriles is 1. The van der Waals surface area contributed by atoms with Crippen molar-refractivity contribution in [3.63, 3.8) is 0 Å². The van der Waals surface area contributed by atoms with Gasteiger partial charge in [0.25, 0.3) is 0 Å². The molecule has 0 fully saturated rings. The largest absolute Gasteiger partial charge is 0.469 e. The number of carbonyl (C=O) groups is 1. The highest BCUT2D eigenvalue weighted by atomic mass is 16.5. The topological polar surface area (TPSA) is 67.9 Å². The van der Waals surface area contributed by atoms with Gasteiger partial charge in [-0.15, -0.1) is 0 Å². The molecule has 0 spiro atoms. The van der Waals surface area contributed by atoms with Gasteiger partial charge in [0.1, 0.15) is 6.07 Å². The van der Waals surface area contributed by atoms with Crippen molar-refractivity contribution in [3.8, 4) is 6.07 Å². The van der Waals surface area contributed by atoms with Gasteiger partial charge in [-0.3, -0.25) is 9.48 Å². The molecule has 5 heteroatoms. The number of methoxy groups -OCH3 is 1. The Morgan fingerprint density at radius 2 is 2.44 bits per heavy atom. The van der Waals surface area contributed by atoms with Gasteiger partial charge in [0.15, 0.2) is 0 Å². The first-order chi connectivity index (χ1) is 7.65. The summed E-state index contributed by atoms with van der Waals surface area (Å²) in [5, 5.41) is 12.6. The van der Waals surface area contributed by atoms with Crippen LogP contribution in [0.25, 0.3) is 0 Å². The van der Waals surface area contributed by atoms with Gasteiger partial charge < -0.3 is 4.74 Å². The number of hydrogen-bond donors (Lipinski definition) is 0. The molecule has 1 aromatic heterocycles. The first-order valence-corrected chi connectivity index (χ1v) is 4.81. The number of nitrogens with zero attached hydrogens (tertiary/aromatic N) is 3. The monoisotopic (exact) mass is 219 g/mol. The van der Waals surface area contributed by atoms with Gasteiger partial charge in [0, 0.05) is 12.6 Å². The Labute approximate surface area is 93.9 Å². The molecule has 84 valence electrons. The molecule has 0 aromatic carbocycles. The average Bonchev–Trinajstić information content (AvgIpc) is 2.73. The van der Waals surface area contributed by atoms with Crippen LogP contribution in [-0.2, 0) is 16.1 Å². The van der Waals surface area contributed by atoms with Crippen LogP contribution in [0, 0.1) is 11.3 Å². The number of esters is 1. The molecule has 0 radical (unpaired) electrons. The molecule has 0 amide bonds. The lowest BCUT2D eigenvalue weighted by molar-refractivity contribution is -0.140. The van der Waals surface area contributed by atoms with Crippen molar-refractivity contribution in [2.24, 2.45) is 0 Å². The van der Waals surface area contributed by atoms with E-state index in [-0.39, 0.29) is 5.97 Å². The van der Waals surface area contributed by atoms with E-state index in [2.05, 4.69) is 16.4 Å². The number of rotatable bonds is 5. The Morgan fingerprint density at radius 1 is 1.69 bits per heavy atom. The fourth-order valence-corrected chi connectivity index (χ4v) is 1.20. The van der Waals surface area contributed by atoms with Crippen LogP contribution < -0.4 is 0 Å². The van der Waals surface area contributed by atoms with Crippen LogP contribution in [0.15, 0.2) is 24.5 Å². The lowest BCUT2D eigenvalue weighted by Crippen LogP contribution is -2.04. The van der Waals surface area contributed by atoms with E-state index >= 15 is 0 Å². The highest BCUT2D eigenvalue weighted by molar-refractivity contribution is 5.69. The Balaban J connectivity index is 2.40. The van der Waals surface area contributed by atoms with Gasteiger partial charge in [0.05, 0.1) is 25.4 Å². The van der Waals surface area contributed by atoms with E-state index in [4.69, 9.17) is 5.26 Å². The van der Waals surface area contributed by atoms with E-state index in [1.807, 2.05) is 6.07 Å². The van der Waals surface area contributed by atoms with E-state index in [0.717, 1.165) is 5.57 Å². The summed E-state index contributed by atoms with van der Waals surface area (Å²) in [7, 11) is 1.36. The van der Waals surface area contributed by atoms with E-state index in [1.54, 1.807) is 10.9 Å². The van der Waals surface area contributed by atoms with Crippen LogP contribution in [0.5, 0.6) is 0 Å². The van der Waals surface area contributed by atoms with Crippen LogP contribution >= 0.6 is 0 Å². The third-order valence-corrected chi connectivity index (χ3v) is 2.06. The van der Waals surface area contributed by atoms with Crippen molar-refractivity contribution in [3.05, 3.63) is 30.1 Å². The Kier molecular flexibility index (Phi) is 4.28. The SMILES string of the molecule is C=C(CCC(=O)OC)Cn1cc(C#N)cn1. The molecular formula is C11H13N3O2. The molecule has 0 bridgehead atoms. The van der Waals surface area contributed by atoms with E-state index < -0.39 is 0 Å². The molecule has 0 saturated heterocycles. The third kappa shape index (κ3) is 3.58. The minimum atomic E-state index is -0.251. The molecule has 5 nitrogen and oxygen atoms in total. The quantitative estimate of drug-likeness (QED) is 0.552. The summed E-state index contributed by atoms with van der Waals surface area (Å²) in [4.78, 5) is 10.9. The summed E-state index contributed by atoms with van der Waals surface area (Å²) in [6, 6.07) is 1.99. The minimum absolute atomic E-state index is 0.251. The van der Waals surface area contributed by atoms with E-state index in [9.17, 15) is 4.79 Å². The molecular weight excluding hydrogens is 206 g/mol. The maximum Gasteiger partial charge on any atom is 0.305 e. The zero-order valence-electron chi connectivity index (χ0n) is 9.14. The first kappa shape index (κ1) is 12.0. The van der Waals surface area contributed by atoms with Gasteiger partial charge in [-0.1, -0.05) is 12.2 Å². The standard InChI is InChI=1S/C11H13N3O2/c1-9(3-4-11(15)16-2)7-14-8-10(5-12)6-13-14/h6,8H,1,3-4,7H2,2H3. The van der Waals surface area contributed by atoms with Gasteiger partial charge in [-0.25, -0.2) is 0 Å². The number of aromatic nitrogens is 2. The third-order valence-electron chi connectivity index (χ3n) is 2.06. The fourth-order valence-electron chi connectivity index (χ4n) is 1.20. The van der Waals surface area contributed by atoms with Crippen molar-refractivity contribution in [1.82, 2.24) is 9.78 Å². The van der Waals surface area contributed by atoms with E-state index in [0.29, 0.717) is 24.9 Å². The summed E-state index contributed by atoms with van der Waals surface area (Å²) in [5.74, 6) is -0.251. The second-order valence-electron chi connectivity index (χ2n) is 3.36. The van der Waals surface area contributed by atoms with Gasteiger partial charge in [-0.2, -0.15) is 10.4 Å². The number of hydrogen-bond acceptors (Lipinski definition) is 4. The Morgan fingerprint density at radius 3 is 3.00 bits per heavy atom. The summed E-state index contributed by atoms with van der Waals surface area (Å²) in [6.45, 7) is 4.35. The van der Waals surface area contributed by atoms with Gasteiger partial charge in [0.2, 0.25) is 0 Å². The van der Waals surface area contributed by atoms with Crippen LogP contribution in [0.3, 0.4) is 0 Å². The molecule has 0 atom stereocenters. The molecule has 0 N–H and O–H groups in total. The maximum atomic E-state index is 10.9. The number of ether oxygens (including phenoxy) is 1. The second-order valence-corrected chi connectivity index (χ2v) is 3.36. The molecule has 0 unspecified atom stereocenters. The zero-order chi connectivity index (χ0) is 12.0. The van der Waals surface area contributed by atoms with Crippen LogP contribution in [-0.4, -0.2) is 22.9 Å². The molecule has 1 rings (SSSR count). The Hall–Kier alpha value is -2.09. The highest BCUT2D eigenvalue weighted by Gasteiger charge is 2.04. The summed E-state index contributed by atoms with van der Waals surface area (Å²) >= 11 is 0. The summed E-state index contributed by atoms with van der Waals surface area (Å²) < 4.78 is 6.15. The average molecular weight is 219 g/mol. The van der Waals surface area contributed by atoms with Crippen molar-refractivity contribution in [2.75, 3.05) is 7.11 Å². The lowest BCUT2D eigenvalue weighted by atomic mass is 10.1. The molecule has 0 aliphatic carbocycles.